The van der Waals surface area contributed by atoms with E-state index in [0.29, 0.717) is 19.6 Å². The Morgan fingerprint density at radius 1 is 1.29 bits per heavy atom. The van der Waals surface area contributed by atoms with Crippen molar-refractivity contribution in [3.8, 4) is 0 Å². The summed E-state index contributed by atoms with van der Waals surface area (Å²) in [6.45, 7) is 1.38. The van der Waals surface area contributed by atoms with Crippen LogP contribution in [0.3, 0.4) is 0 Å². The highest BCUT2D eigenvalue weighted by Gasteiger charge is 2.26. The number of carbonyl (C=O) groups excluding carboxylic acids is 2. The summed E-state index contributed by atoms with van der Waals surface area (Å²) >= 11 is 0. The van der Waals surface area contributed by atoms with Crippen molar-refractivity contribution in [3.05, 3.63) is 47.3 Å². The number of carboxylic acid groups (broad SMARTS) is 1. The molecule has 0 aliphatic carbocycles. The van der Waals surface area contributed by atoms with Gasteiger partial charge in [-0.2, -0.15) is 0 Å². The molecule has 3 rings (SSSR count). The lowest BCUT2D eigenvalue weighted by Gasteiger charge is -2.32. The number of amides is 2. The fraction of sp³-hybridized carbons (Fsp3) is 0.389. The number of aromatic nitrogens is 3. The van der Waals surface area contributed by atoms with E-state index in [0.717, 1.165) is 18.4 Å². The second-order valence-electron chi connectivity index (χ2n) is 6.48. The number of likely N-dealkylation sites (tertiary alicyclic amines) is 1. The zero-order valence-electron chi connectivity index (χ0n) is 15.4. The van der Waals surface area contributed by atoms with E-state index < -0.39 is 11.9 Å². The third-order valence-electron chi connectivity index (χ3n) is 4.61. The predicted molar refractivity (Wildman–Crippen MR) is 96.8 cm³/mol. The van der Waals surface area contributed by atoms with Gasteiger partial charge in [-0.25, -0.2) is 19.1 Å². The predicted octanol–water partition coefficient (Wildman–Crippen LogP) is 1.31. The van der Waals surface area contributed by atoms with E-state index in [-0.39, 0.29) is 23.3 Å². The topological polar surface area (TPSA) is 127 Å². The fourth-order valence-electron chi connectivity index (χ4n) is 3.06. The summed E-state index contributed by atoms with van der Waals surface area (Å²) in [6, 6.07) is 6.08. The lowest BCUT2D eigenvalue weighted by atomic mass is 10.1. The molecule has 10 nitrogen and oxygen atoms in total. The number of carboxylic acids is 1. The van der Waals surface area contributed by atoms with E-state index >= 15 is 0 Å². The molecule has 1 atom stereocenters. The molecule has 1 unspecified atom stereocenters. The monoisotopic (exact) mass is 387 g/mol. The van der Waals surface area contributed by atoms with Crippen LogP contribution in [0.4, 0.5) is 4.79 Å². The zero-order valence-corrected chi connectivity index (χ0v) is 15.4. The van der Waals surface area contributed by atoms with Crippen molar-refractivity contribution in [1.82, 2.24) is 25.2 Å². The number of urea groups is 1. The molecule has 148 valence electrons. The van der Waals surface area contributed by atoms with Gasteiger partial charge in [0.05, 0.1) is 24.9 Å². The van der Waals surface area contributed by atoms with Crippen LogP contribution in [0.1, 0.15) is 45.3 Å². The lowest BCUT2D eigenvalue weighted by molar-refractivity contribution is 0.0593. The third kappa shape index (κ3) is 4.45. The van der Waals surface area contributed by atoms with Gasteiger partial charge in [-0.05, 0) is 30.5 Å². The summed E-state index contributed by atoms with van der Waals surface area (Å²) in [4.78, 5) is 36.6. The summed E-state index contributed by atoms with van der Waals surface area (Å²) in [5.41, 5.74) is 1.15. The summed E-state index contributed by atoms with van der Waals surface area (Å²) in [7, 11) is 1.28. The van der Waals surface area contributed by atoms with Crippen molar-refractivity contribution >= 4 is 18.0 Å². The molecule has 0 spiro atoms. The van der Waals surface area contributed by atoms with Gasteiger partial charge in [0, 0.05) is 19.6 Å². The van der Waals surface area contributed by atoms with Crippen LogP contribution in [0, 0.1) is 0 Å². The Morgan fingerprint density at radius 3 is 2.71 bits per heavy atom. The Morgan fingerprint density at radius 2 is 2.04 bits per heavy atom. The average Bonchev–Trinajstić information content (AvgIpc) is 3.22. The minimum absolute atomic E-state index is 0.0692. The molecule has 1 saturated heterocycles. The van der Waals surface area contributed by atoms with Gasteiger partial charge in [0.2, 0.25) is 0 Å². The van der Waals surface area contributed by atoms with Gasteiger partial charge in [0.25, 0.3) is 0 Å². The number of carbonyl (C=O) groups is 3. The molecule has 2 amide bonds. The van der Waals surface area contributed by atoms with Crippen molar-refractivity contribution in [1.29, 1.82) is 0 Å². The molecule has 1 fully saturated rings. The van der Waals surface area contributed by atoms with Crippen molar-refractivity contribution < 1.29 is 24.2 Å². The normalized spacial score (nSPS) is 16.5. The number of aromatic carboxylic acids is 1. The van der Waals surface area contributed by atoms with Crippen LogP contribution in [0.25, 0.3) is 0 Å². The van der Waals surface area contributed by atoms with Gasteiger partial charge >= 0.3 is 18.0 Å². The molecule has 28 heavy (non-hydrogen) atoms. The summed E-state index contributed by atoms with van der Waals surface area (Å²) in [6.07, 6.45) is 3.16. The number of hydrogen-bond donors (Lipinski definition) is 2. The van der Waals surface area contributed by atoms with Crippen LogP contribution in [0.2, 0.25) is 0 Å². The average molecular weight is 387 g/mol. The quantitative estimate of drug-likeness (QED) is 0.741. The minimum Gasteiger partial charge on any atom is -0.478 e. The molecule has 1 aromatic heterocycles. The fourth-order valence-corrected chi connectivity index (χ4v) is 3.06. The van der Waals surface area contributed by atoms with E-state index in [1.54, 1.807) is 21.7 Å². The summed E-state index contributed by atoms with van der Waals surface area (Å²) in [5, 5.41) is 19.5. The molecule has 2 N–H and O–H groups in total. The Bertz CT molecular complexity index is 864. The first kappa shape index (κ1) is 19.3. The van der Waals surface area contributed by atoms with Gasteiger partial charge in [-0.15, -0.1) is 5.10 Å². The number of hydrogen-bond acceptors (Lipinski definition) is 6. The molecule has 0 radical (unpaired) electrons. The van der Waals surface area contributed by atoms with Gasteiger partial charge < -0.3 is 20.1 Å². The van der Waals surface area contributed by atoms with E-state index in [1.165, 1.54) is 25.4 Å². The maximum Gasteiger partial charge on any atom is 0.360 e. The second kappa shape index (κ2) is 8.51. The molecule has 2 heterocycles. The number of nitrogens with one attached hydrogen (secondary N) is 1. The SMILES string of the molecule is COC(=O)c1cn(C2CCCN(C(=O)NCc3ccc(C(=O)O)cc3)C2)nn1. The first-order valence-corrected chi connectivity index (χ1v) is 8.83. The van der Waals surface area contributed by atoms with Crippen molar-refractivity contribution in [3.63, 3.8) is 0 Å². The first-order chi connectivity index (χ1) is 13.5. The molecule has 0 bridgehead atoms. The highest BCUT2D eigenvalue weighted by atomic mass is 16.5. The van der Waals surface area contributed by atoms with Crippen molar-refractivity contribution in [2.75, 3.05) is 20.2 Å². The first-order valence-electron chi connectivity index (χ1n) is 8.83. The number of rotatable bonds is 5. The number of ether oxygens (including phenoxy) is 1. The maximum absolute atomic E-state index is 12.5. The molecular weight excluding hydrogens is 366 g/mol. The molecule has 10 heteroatoms. The number of methoxy groups -OCH3 is 1. The number of esters is 1. The van der Waals surface area contributed by atoms with Gasteiger partial charge in [0.1, 0.15) is 0 Å². The van der Waals surface area contributed by atoms with Crippen LogP contribution in [0.15, 0.2) is 30.5 Å². The van der Waals surface area contributed by atoms with Crippen LogP contribution in [-0.4, -0.2) is 63.2 Å². The molecule has 2 aromatic rings. The summed E-state index contributed by atoms with van der Waals surface area (Å²) in [5.74, 6) is -1.54. The number of benzene rings is 1. The van der Waals surface area contributed by atoms with Gasteiger partial charge in [0.15, 0.2) is 5.69 Å². The number of nitrogens with zero attached hydrogens (tertiary/aromatic N) is 4. The van der Waals surface area contributed by atoms with Gasteiger partial charge in [-0.3, -0.25) is 0 Å². The molecule has 1 aliphatic heterocycles. The zero-order chi connectivity index (χ0) is 20.1. The van der Waals surface area contributed by atoms with E-state index in [1.807, 2.05) is 0 Å². The summed E-state index contributed by atoms with van der Waals surface area (Å²) < 4.78 is 6.22. The Kier molecular flexibility index (Phi) is 5.87. The lowest BCUT2D eigenvalue weighted by Crippen LogP contribution is -2.45. The molecule has 1 aromatic carbocycles. The Hall–Kier alpha value is -3.43. The largest absolute Gasteiger partial charge is 0.478 e. The molecular formula is C18H21N5O5. The van der Waals surface area contributed by atoms with Crippen LogP contribution in [-0.2, 0) is 11.3 Å². The highest BCUT2D eigenvalue weighted by Crippen LogP contribution is 2.21. The van der Waals surface area contributed by atoms with Crippen molar-refractivity contribution in [2.24, 2.45) is 0 Å². The van der Waals surface area contributed by atoms with Crippen LogP contribution >= 0.6 is 0 Å². The second-order valence-corrected chi connectivity index (χ2v) is 6.48. The standard InChI is InChI=1S/C18H21N5O5/c1-28-17(26)15-11-23(21-20-15)14-3-2-8-22(10-14)18(27)19-9-12-4-6-13(7-5-12)16(24)25/h4-7,11,14H,2-3,8-10H2,1H3,(H,19,27)(H,24,25). The van der Waals surface area contributed by atoms with Gasteiger partial charge in [-0.1, -0.05) is 17.3 Å². The Labute approximate surface area is 161 Å². The van der Waals surface area contributed by atoms with E-state index in [4.69, 9.17) is 5.11 Å². The third-order valence-corrected chi connectivity index (χ3v) is 4.61. The van der Waals surface area contributed by atoms with E-state index in [2.05, 4.69) is 20.4 Å². The Balaban J connectivity index is 1.56. The maximum atomic E-state index is 12.5. The molecule has 1 aliphatic rings. The smallest absolute Gasteiger partial charge is 0.360 e. The van der Waals surface area contributed by atoms with Crippen LogP contribution in [0.5, 0.6) is 0 Å². The molecule has 0 saturated carbocycles. The van der Waals surface area contributed by atoms with E-state index in [9.17, 15) is 14.4 Å². The minimum atomic E-state index is -0.988. The van der Waals surface area contributed by atoms with Crippen molar-refractivity contribution in [2.45, 2.75) is 25.4 Å². The van der Waals surface area contributed by atoms with Crippen LogP contribution < -0.4 is 5.32 Å². The highest BCUT2D eigenvalue weighted by molar-refractivity contribution is 5.87. The number of piperidine rings is 1.